The van der Waals surface area contributed by atoms with Gasteiger partial charge >= 0.3 is 5.97 Å². The summed E-state index contributed by atoms with van der Waals surface area (Å²) in [6.07, 6.45) is 4.75. The molecule has 4 aromatic rings. The molecule has 1 aromatic carbocycles. The lowest BCUT2D eigenvalue weighted by molar-refractivity contribution is 0.0694. The van der Waals surface area contributed by atoms with Crippen molar-refractivity contribution in [2.75, 3.05) is 11.9 Å². The molecule has 0 saturated heterocycles. The summed E-state index contributed by atoms with van der Waals surface area (Å²) in [6.45, 7) is 2.37. The molecule has 3 N–H and O–H groups in total. The summed E-state index contributed by atoms with van der Waals surface area (Å²) in [5.41, 5.74) is 1.03. The second-order valence-electron chi connectivity index (χ2n) is 7.27. The van der Waals surface area contributed by atoms with Gasteiger partial charge in [0.25, 0.3) is 0 Å². The maximum atomic E-state index is 15.0. The summed E-state index contributed by atoms with van der Waals surface area (Å²) in [4.78, 5) is 31.4. The van der Waals surface area contributed by atoms with Crippen LogP contribution in [0.1, 0.15) is 28.9 Å². The molecule has 0 aliphatic carbocycles. The highest BCUT2D eigenvalue weighted by molar-refractivity contribution is 5.97. The van der Waals surface area contributed by atoms with E-state index in [-0.39, 0.29) is 29.5 Å². The van der Waals surface area contributed by atoms with Gasteiger partial charge in [-0.05, 0) is 30.7 Å². The van der Waals surface area contributed by atoms with Crippen molar-refractivity contribution in [1.29, 1.82) is 0 Å². The standard InChI is InChI=1S/C21H17FN4O4/c1-10-9-30-19-16(25-7-11-2-4-23-20-12(11)3-5-24-20)15(22)6-13-17(19)26(10)8-14(18(13)27)21(28)29/h2-6,8,10,25H,7,9H2,1H3,(H,23,24)(H,28,29)/t10-/m0/s1. The maximum Gasteiger partial charge on any atom is 0.341 e. The van der Waals surface area contributed by atoms with Crippen molar-refractivity contribution in [1.82, 2.24) is 14.5 Å². The molecular weight excluding hydrogens is 391 g/mol. The van der Waals surface area contributed by atoms with Gasteiger partial charge in [-0.1, -0.05) is 0 Å². The first-order chi connectivity index (χ1) is 14.5. The Bertz CT molecular complexity index is 1390. The molecule has 0 spiro atoms. The van der Waals surface area contributed by atoms with E-state index in [9.17, 15) is 14.7 Å². The van der Waals surface area contributed by atoms with Crippen LogP contribution in [-0.4, -0.2) is 32.2 Å². The highest BCUT2D eigenvalue weighted by Crippen LogP contribution is 2.40. The lowest BCUT2D eigenvalue weighted by atomic mass is 10.1. The van der Waals surface area contributed by atoms with Gasteiger partial charge in [-0.3, -0.25) is 4.79 Å². The predicted octanol–water partition coefficient (Wildman–Crippen LogP) is 3.28. The fourth-order valence-corrected chi connectivity index (χ4v) is 3.90. The van der Waals surface area contributed by atoms with Gasteiger partial charge in [0, 0.05) is 30.5 Å². The van der Waals surface area contributed by atoms with Crippen LogP contribution in [0, 0.1) is 5.82 Å². The van der Waals surface area contributed by atoms with E-state index in [2.05, 4.69) is 15.3 Å². The number of halogens is 1. The summed E-state index contributed by atoms with van der Waals surface area (Å²) in [5.74, 6) is -1.82. The van der Waals surface area contributed by atoms with E-state index in [0.717, 1.165) is 22.7 Å². The Labute approximate surface area is 168 Å². The van der Waals surface area contributed by atoms with E-state index >= 15 is 4.39 Å². The van der Waals surface area contributed by atoms with Crippen LogP contribution in [0.2, 0.25) is 0 Å². The number of carboxylic acid groups (broad SMARTS) is 1. The van der Waals surface area contributed by atoms with Gasteiger partial charge in [-0.15, -0.1) is 0 Å². The van der Waals surface area contributed by atoms with Gasteiger partial charge in [-0.25, -0.2) is 14.2 Å². The number of nitrogens with zero attached hydrogens (tertiary/aromatic N) is 2. The molecule has 0 bridgehead atoms. The minimum absolute atomic E-state index is 0.0172. The van der Waals surface area contributed by atoms with E-state index in [1.807, 2.05) is 19.1 Å². The summed E-state index contributed by atoms with van der Waals surface area (Å²) < 4.78 is 22.5. The van der Waals surface area contributed by atoms with Crippen molar-refractivity contribution in [2.45, 2.75) is 19.5 Å². The number of aromatic carboxylic acids is 1. The zero-order valence-electron chi connectivity index (χ0n) is 15.9. The van der Waals surface area contributed by atoms with Gasteiger partial charge in [-0.2, -0.15) is 0 Å². The van der Waals surface area contributed by atoms with Gasteiger partial charge in [0.05, 0.1) is 16.9 Å². The largest absolute Gasteiger partial charge is 0.487 e. The van der Waals surface area contributed by atoms with Crippen molar-refractivity contribution in [2.24, 2.45) is 0 Å². The lowest BCUT2D eigenvalue weighted by Crippen LogP contribution is -2.27. The molecule has 1 aliphatic heterocycles. The number of hydrogen-bond acceptors (Lipinski definition) is 5. The number of H-pyrrole nitrogens is 1. The molecule has 1 aliphatic rings. The molecule has 0 saturated carbocycles. The van der Waals surface area contributed by atoms with Gasteiger partial charge < -0.3 is 24.7 Å². The van der Waals surface area contributed by atoms with E-state index in [1.54, 1.807) is 17.0 Å². The molecule has 4 heterocycles. The lowest BCUT2D eigenvalue weighted by Gasteiger charge is -2.28. The second-order valence-corrected chi connectivity index (χ2v) is 7.27. The monoisotopic (exact) mass is 408 g/mol. The zero-order chi connectivity index (χ0) is 21.0. The molecule has 9 heteroatoms. The number of ether oxygens (including phenoxy) is 1. The SMILES string of the molecule is C[C@H]1COc2c(NCc3ccnc4[nH]ccc34)c(F)cc3c(=O)c(C(=O)O)cn1c23. The average molecular weight is 408 g/mol. The smallest absolute Gasteiger partial charge is 0.341 e. The number of nitrogens with one attached hydrogen (secondary N) is 2. The van der Waals surface area contributed by atoms with Crippen LogP contribution in [0.3, 0.4) is 0 Å². The Kier molecular flexibility index (Phi) is 3.99. The number of fused-ring (bicyclic) bond motifs is 1. The average Bonchev–Trinajstić information content (AvgIpc) is 3.20. The van der Waals surface area contributed by atoms with Crippen LogP contribution in [0.15, 0.2) is 41.6 Å². The summed E-state index contributed by atoms with van der Waals surface area (Å²) in [5, 5.41) is 13.3. The molecule has 0 radical (unpaired) electrons. The van der Waals surface area contributed by atoms with Crippen LogP contribution in [0.5, 0.6) is 5.75 Å². The highest BCUT2D eigenvalue weighted by atomic mass is 19.1. The van der Waals surface area contributed by atoms with Crippen LogP contribution < -0.4 is 15.5 Å². The van der Waals surface area contributed by atoms with Crippen LogP contribution in [-0.2, 0) is 6.54 Å². The normalized spacial score (nSPS) is 15.3. The Morgan fingerprint density at radius 3 is 3.07 bits per heavy atom. The van der Waals surface area contributed by atoms with Crippen molar-refractivity contribution in [3.63, 3.8) is 0 Å². The van der Waals surface area contributed by atoms with Crippen LogP contribution in [0.25, 0.3) is 21.9 Å². The van der Waals surface area contributed by atoms with Gasteiger partial charge in [0.1, 0.15) is 23.5 Å². The number of aromatic amines is 1. The molecule has 0 fully saturated rings. The first-order valence-electron chi connectivity index (χ1n) is 9.38. The number of anilines is 1. The fraction of sp³-hybridized carbons (Fsp3) is 0.190. The fourth-order valence-electron chi connectivity index (χ4n) is 3.90. The van der Waals surface area contributed by atoms with Crippen molar-refractivity contribution in [3.05, 3.63) is 64.0 Å². The Hall–Kier alpha value is -3.88. The molecule has 0 amide bonds. The number of carbonyl (C=O) groups is 1. The Morgan fingerprint density at radius 1 is 1.43 bits per heavy atom. The zero-order valence-corrected chi connectivity index (χ0v) is 15.9. The highest BCUT2D eigenvalue weighted by Gasteiger charge is 2.28. The first-order valence-corrected chi connectivity index (χ1v) is 9.38. The van der Waals surface area contributed by atoms with E-state index in [0.29, 0.717) is 12.1 Å². The third kappa shape index (κ3) is 2.62. The molecule has 30 heavy (non-hydrogen) atoms. The van der Waals surface area contributed by atoms with Gasteiger partial charge in [0.2, 0.25) is 5.43 Å². The molecule has 152 valence electrons. The number of hydrogen-bond donors (Lipinski definition) is 3. The van der Waals surface area contributed by atoms with E-state index < -0.39 is 22.8 Å². The number of carboxylic acids is 1. The third-order valence-corrected chi connectivity index (χ3v) is 5.40. The predicted molar refractivity (Wildman–Crippen MR) is 109 cm³/mol. The maximum absolute atomic E-state index is 15.0. The molecule has 5 rings (SSSR count). The molecule has 1 atom stereocenters. The molecule has 3 aromatic heterocycles. The number of benzene rings is 1. The van der Waals surface area contributed by atoms with Gasteiger partial charge in [0.15, 0.2) is 11.6 Å². The van der Waals surface area contributed by atoms with Crippen LogP contribution >= 0.6 is 0 Å². The molecule has 0 unspecified atom stereocenters. The topological polar surface area (TPSA) is 109 Å². The number of aromatic nitrogens is 3. The van der Waals surface area contributed by atoms with Crippen molar-refractivity contribution >= 4 is 33.6 Å². The third-order valence-electron chi connectivity index (χ3n) is 5.40. The van der Waals surface area contributed by atoms with E-state index in [1.165, 1.54) is 6.20 Å². The second kappa shape index (κ2) is 6.58. The number of rotatable bonds is 4. The molecule has 8 nitrogen and oxygen atoms in total. The first kappa shape index (κ1) is 18.2. The molecular formula is C21H17FN4O4. The summed E-state index contributed by atoms with van der Waals surface area (Å²) in [6, 6.07) is 4.60. The van der Waals surface area contributed by atoms with Crippen molar-refractivity contribution in [3.8, 4) is 5.75 Å². The van der Waals surface area contributed by atoms with E-state index in [4.69, 9.17) is 4.74 Å². The van der Waals surface area contributed by atoms with Crippen LogP contribution in [0.4, 0.5) is 10.1 Å². The number of pyridine rings is 2. The quantitative estimate of drug-likeness (QED) is 0.478. The minimum atomic E-state index is -1.35. The Balaban J connectivity index is 1.66. The minimum Gasteiger partial charge on any atom is -0.487 e. The Morgan fingerprint density at radius 2 is 2.27 bits per heavy atom. The summed E-state index contributed by atoms with van der Waals surface area (Å²) >= 11 is 0. The van der Waals surface area contributed by atoms with Crippen molar-refractivity contribution < 1.29 is 19.0 Å². The summed E-state index contributed by atoms with van der Waals surface area (Å²) in [7, 11) is 0.